The van der Waals surface area contributed by atoms with E-state index in [1.807, 2.05) is 20.8 Å². The summed E-state index contributed by atoms with van der Waals surface area (Å²) in [6.45, 7) is 5.76. The van der Waals surface area contributed by atoms with Gasteiger partial charge in [0.15, 0.2) is 6.17 Å². The van der Waals surface area contributed by atoms with Crippen molar-refractivity contribution in [1.82, 2.24) is 15.2 Å². The average molecular weight is 410 g/mol. The molecule has 1 aromatic heterocycles. The molecule has 1 aliphatic heterocycles. The van der Waals surface area contributed by atoms with Crippen molar-refractivity contribution in [3.63, 3.8) is 0 Å². The van der Waals surface area contributed by atoms with Crippen LogP contribution in [-0.4, -0.2) is 20.9 Å². The molecule has 9 heteroatoms. The molecule has 0 saturated heterocycles. The van der Waals surface area contributed by atoms with Crippen molar-refractivity contribution in [1.29, 1.82) is 0 Å². The number of nitrogens with zero attached hydrogens (tertiary/aromatic N) is 4. The van der Waals surface area contributed by atoms with Gasteiger partial charge in [-0.25, -0.2) is 19.0 Å². The Labute approximate surface area is 165 Å². The van der Waals surface area contributed by atoms with E-state index in [4.69, 9.17) is 17.4 Å². The van der Waals surface area contributed by atoms with Crippen LogP contribution < -0.4 is 5.84 Å². The molecule has 2 aromatic rings. The minimum Gasteiger partial charge on any atom is -0.269 e. The van der Waals surface area contributed by atoms with Crippen molar-refractivity contribution < 1.29 is 13.2 Å². The van der Waals surface area contributed by atoms with Gasteiger partial charge in [-0.3, -0.25) is 10.0 Å². The second-order valence-corrected chi connectivity index (χ2v) is 7.24. The predicted octanol–water partition coefficient (Wildman–Crippen LogP) is 4.42. The van der Waals surface area contributed by atoms with Crippen molar-refractivity contribution in [3.8, 4) is 0 Å². The number of rotatable bonds is 4. The van der Waals surface area contributed by atoms with Crippen LogP contribution in [0.5, 0.6) is 0 Å². The maximum Gasteiger partial charge on any atom is 0.180 e. The number of aliphatic imine (C=N–C) groups is 1. The van der Waals surface area contributed by atoms with Gasteiger partial charge in [0.25, 0.3) is 0 Å². The van der Waals surface area contributed by atoms with Crippen LogP contribution in [0.25, 0.3) is 5.57 Å². The van der Waals surface area contributed by atoms with E-state index in [-0.39, 0.29) is 22.6 Å². The van der Waals surface area contributed by atoms with Gasteiger partial charge in [0.05, 0.1) is 11.3 Å². The molecule has 1 aromatic carbocycles. The van der Waals surface area contributed by atoms with E-state index < -0.39 is 29.2 Å². The first-order valence-corrected chi connectivity index (χ1v) is 9.04. The molecule has 0 amide bonds. The molecule has 2 heterocycles. The molecular formula is C19H19ClF3N5. The molecule has 0 saturated carbocycles. The van der Waals surface area contributed by atoms with Crippen LogP contribution in [0.3, 0.4) is 0 Å². The third-order valence-corrected chi connectivity index (χ3v) is 5.14. The van der Waals surface area contributed by atoms with Crippen LogP contribution in [-0.2, 0) is 0 Å². The highest BCUT2D eigenvalue weighted by molar-refractivity contribution is 6.41. The number of hydrogen-bond acceptors (Lipinski definition) is 5. The summed E-state index contributed by atoms with van der Waals surface area (Å²) in [6.07, 6.45) is 0.688. The van der Waals surface area contributed by atoms with Crippen molar-refractivity contribution in [2.24, 2.45) is 22.7 Å². The third kappa shape index (κ3) is 3.62. The SMILES string of the molecule is CC(C)[C@H](C)C1=NC(c2cccnn2)N(N)C(Cl)=C1c1c(F)cc(F)cc1F. The summed E-state index contributed by atoms with van der Waals surface area (Å²) in [4.78, 5) is 4.61. The first kappa shape index (κ1) is 20.3. The molecule has 0 spiro atoms. The fourth-order valence-corrected chi connectivity index (χ4v) is 3.22. The van der Waals surface area contributed by atoms with E-state index in [1.54, 1.807) is 12.1 Å². The van der Waals surface area contributed by atoms with Gasteiger partial charge in [-0.1, -0.05) is 32.4 Å². The molecule has 0 radical (unpaired) electrons. The predicted molar refractivity (Wildman–Crippen MR) is 101 cm³/mol. The van der Waals surface area contributed by atoms with Crippen molar-refractivity contribution in [3.05, 3.63) is 64.3 Å². The van der Waals surface area contributed by atoms with Crippen LogP contribution >= 0.6 is 11.6 Å². The lowest BCUT2D eigenvalue weighted by Crippen LogP contribution is -2.39. The summed E-state index contributed by atoms with van der Waals surface area (Å²) in [5.41, 5.74) is 0.323. The molecular weight excluding hydrogens is 391 g/mol. The van der Waals surface area contributed by atoms with Gasteiger partial charge in [0.2, 0.25) is 0 Å². The number of allylic oxidation sites excluding steroid dienone is 1. The molecule has 1 aliphatic rings. The summed E-state index contributed by atoms with van der Waals surface area (Å²) in [5, 5.41) is 8.79. The Bertz CT molecular complexity index is 923. The van der Waals surface area contributed by atoms with Gasteiger partial charge >= 0.3 is 0 Å². The van der Waals surface area contributed by atoms with Crippen LogP contribution in [0.2, 0.25) is 0 Å². The number of benzene rings is 1. The van der Waals surface area contributed by atoms with E-state index in [9.17, 15) is 13.2 Å². The highest BCUT2D eigenvalue weighted by atomic mass is 35.5. The molecule has 3 rings (SSSR count). The van der Waals surface area contributed by atoms with Crippen molar-refractivity contribution in [2.45, 2.75) is 26.9 Å². The Balaban J connectivity index is 2.24. The van der Waals surface area contributed by atoms with Crippen LogP contribution in [0.4, 0.5) is 13.2 Å². The highest BCUT2D eigenvalue weighted by Gasteiger charge is 2.36. The van der Waals surface area contributed by atoms with Gasteiger partial charge in [-0.05, 0) is 18.1 Å². The molecule has 2 N–H and O–H groups in total. The average Bonchev–Trinajstić information content (AvgIpc) is 2.64. The second-order valence-electron chi connectivity index (χ2n) is 6.89. The van der Waals surface area contributed by atoms with E-state index in [0.29, 0.717) is 23.5 Å². The van der Waals surface area contributed by atoms with E-state index in [1.165, 1.54) is 6.20 Å². The first-order valence-electron chi connectivity index (χ1n) is 8.66. The first-order chi connectivity index (χ1) is 13.2. The molecule has 0 bridgehead atoms. The Morgan fingerprint density at radius 1 is 1.14 bits per heavy atom. The van der Waals surface area contributed by atoms with Crippen molar-refractivity contribution in [2.75, 3.05) is 0 Å². The molecule has 28 heavy (non-hydrogen) atoms. The number of hydrazine groups is 1. The molecule has 5 nitrogen and oxygen atoms in total. The zero-order valence-electron chi connectivity index (χ0n) is 15.5. The lowest BCUT2D eigenvalue weighted by molar-refractivity contribution is 0.276. The largest absolute Gasteiger partial charge is 0.269 e. The molecule has 1 unspecified atom stereocenters. The fourth-order valence-electron chi connectivity index (χ4n) is 2.93. The number of halogens is 4. The Hall–Kier alpha value is -2.45. The van der Waals surface area contributed by atoms with Gasteiger partial charge in [0.1, 0.15) is 28.3 Å². The Morgan fingerprint density at radius 2 is 1.79 bits per heavy atom. The van der Waals surface area contributed by atoms with Crippen LogP contribution in [0.1, 0.15) is 38.2 Å². The Morgan fingerprint density at radius 3 is 2.32 bits per heavy atom. The van der Waals surface area contributed by atoms with Gasteiger partial charge in [-0.15, -0.1) is 0 Å². The maximum absolute atomic E-state index is 14.5. The normalized spacial score (nSPS) is 18.5. The number of nitrogens with two attached hydrogens (primary N) is 1. The second kappa shape index (κ2) is 7.89. The van der Waals surface area contributed by atoms with E-state index >= 15 is 0 Å². The third-order valence-electron chi connectivity index (χ3n) is 4.76. The minimum atomic E-state index is -1.08. The van der Waals surface area contributed by atoms with Gasteiger partial charge in [0, 0.05) is 29.8 Å². The topological polar surface area (TPSA) is 67.4 Å². The van der Waals surface area contributed by atoms with E-state index in [0.717, 1.165) is 5.01 Å². The van der Waals surface area contributed by atoms with Gasteiger partial charge < -0.3 is 0 Å². The monoisotopic (exact) mass is 409 g/mol. The number of hydrogen-bond donors (Lipinski definition) is 1. The highest BCUT2D eigenvalue weighted by Crippen LogP contribution is 2.40. The summed E-state index contributed by atoms with van der Waals surface area (Å²) in [6, 6.07) is 4.54. The molecule has 0 fully saturated rings. The molecule has 2 atom stereocenters. The standard InChI is InChI=1S/C19H19ClF3N5/c1-9(2)10(3)17-16(15-12(22)7-11(21)8-13(15)23)18(20)28(24)19(26-17)14-5-4-6-25-27-14/h4-10,19H,24H2,1-3H3/t10-,19?/m0/s1. The summed E-state index contributed by atoms with van der Waals surface area (Å²) in [5.74, 6) is 2.77. The minimum absolute atomic E-state index is 0.000469. The van der Waals surface area contributed by atoms with Crippen LogP contribution in [0.15, 0.2) is 40.6 Å². The zero-order valence-corrected chi connectivity index (χ0v) is 16.3. The zero-order chi connectivity index (χ0) is 20.6. The van der Waals surface area contributed by atoms with E-state index in [2.05, 4.69) is 15.2 Å². The number of aromatic nitrogens is 2. The fraction of sp³-hybridized carbons (Fsp3) is 0.316. The molecule has 0 aliphatic carbocycles. The maximum atomic E-state index is 14.5. The quantitative estimate of drug-likeness (QED) is 0.599. The van der Waals surface area contributed by atoms with Gasteiger partial charge in [-0.2, -0.15) is 10.2 Å². The smallest absolute Gasteiger partial charge is 0.180 e. The summed E-state index contributed by atoms with van der Waals surface area (Å²) < 4.78 is 42.5. The van der Waals surface area contributed by atoms with Crippen LogP contribution in [0, 0.1) is 29.3 Å². The summed E-state index contributed by atoms with van der Waals surface area (Å²) >= 11 is 6.46. The van der Waals surface area contributed by atoms with Crippen molar-refractivity contribution >= 4 is 22.9 Å². The lowest BCUT2D eigenvalue weighted by atomic mass is 9.85. The molecule has 148 valence electrons. The summed E-state index contributed by atoms with van der Waals surface area (Å²) in [7, 11) is 0. The lowest BCUT2D eigenvalue weighted by Gasteiger charge is -2.34. The Kier molecular flexibility index (Phi) is 5.71.